The molecule has 2 aromatic rings. The molecule has 0 radical (unpaired) electrons. The molecule has 0 bridgehead atoms. The zero-order valence-corrected chi connectivity index (χ0v) is 16.2. The van der Waals surface area contributed by atoms with Crippen molar-refractivity contribution in [1.82, 2.24) is 4.90 Å². The third-order valence-electron chi connectivity index (χ3n) is 3.76. The van der Waals surface area contributed by atoms with E-state index in [1.807, 2.05) is 49.4 Å². The van der Waals surface area contributed by atoms with Crippen molar-refractivity contribution in [3.8, 4) is 5.75 Å². The van der Waals surface area contributed by atoms with Crippen LogP contribution in [0.15, 0.2) is 51.8 Å². The van der Waals surface area contributed by atoms with Crippen LogP contribution in [0.1, 0.15) is 16.7 Å². The van der Waals surface area contributed by atoms with Gasteiger partial charge in [-0.05, 0) is 48.5 Å². The van der Waals surface area contributed by atoms with Crippen LogP contribution in [0.25, 0.3) is 6.08 Å². The zero-order chi connectivity index (χ0) is 18.0. The number of rotatable bonds is 4. The highest BCUT2D eigenvalue weighted by Crippen LogP contribution is 2.34. The molecule has 1 fully saturated rings. The number of hydrogen-bond donors (Lipinski definition) is 0. The van der Waals surface area contributed by atoms with Gasteiger partial charge in [-0.2, -0.15) is 0 Å². The SMILES string of the molecule is Cc1ccc(COc2ccc(Br)cc2/C=C2\SC(=O)N(C)C2=O)cc1. The Morgan fingerprint density at radius 3 is 2.52 bits per heavy atom. The van der Waals surface area contributed by atoms with E-state index in [1.165, 1.54) is 12.6 Å². The molecular formula is C19H16BrNO3S. The third kappa shape index (κ3) is 4.14. The Hall–Kier alpha value is -2.05. The lowest BCUT2D eigenvalue weighted by Gasteiger charge is -2.10. The summed E-state index contributed by atoms with van der Waals surface area (Å²) in [6.07, 6.45) is 1.70. The first-order valence-corrected chi connectivity index (χ1v) is 9.24. The van der Waals surface area contributed by atoms with Gasteiger partial charge in [-0.1, -0.05) is 45.8 Å². The molecule has 0 spiro atoms. The molecule has 0 N–H and O–H groups in total. The number of carbonyl (C=O) groups excluding carboxylic acids is 2. The van der Waals surface area contributed by atoms with Gasteiger partial charge in [0.25, 0.3) is 11.1 Å². The normalized spacial score (nSPS) is 16.0. The predicted molar refractivity (Wildman–Crippen MR) is 103 cm³/mol. The number of thioether (sulfide) groups is 1. The van der Waals surface area contributed by atoms with Crippen LogP contribution in [0.2, 0.25) is 0 Å². The maximum absolute atomic E-state index is 12.1. The summed E-state index contributed by atoms with van der Waals surface area (Å²) >= 11 is 4.37. The van der Waals surface area contributed by atoms with Crippen molar-refractivity contribution in [3.05, 3.63) is 68.5 Å². The van der Waals surface area contributed by atoms with Gasteiger partial charge in [0, 0.05) is 17.1 Å². The average molecular weight is 418 g/mol. The van der Waals surface area contributed by atoms with Crippen molar-refractivity contribution in [2.24, 2.45) is 0 Å². The van der Waals surface area contributed by atoms with Gasteiger partial charge in [-0.15, -0.1) is 0 Å². The Morgan fingerprint density at radius 1 is 1.16 bits per heavy atom. The second-order valence-corrected chi connectivity index (χ2v) is 7.61. The fourth-order valence-corrected chi connectivity index (χ4v) is 3.49. The van der Waals surface area contributed by atoms with Gasteiger partial charge in [0.2, 0.25) is 0 Å². The number of imide groups is 1. The number of likely N-dealkylation sites (N-methyl/N-ethyl adjacent to an activating group) is 1. The maximum Gasteiger partial charge on any atom is 0.293 e. The minimum atomic E-state index is -0.292. The number of hydrogen-bond acceptors (Lipinski definition) is 4. The van der Waals surface area contributed by atoms with E-state index in [2.05, 4.69) is 15.9 Å². The average Bonchev–Trinajstić information content (AvgIpc) is 2.83. The monoisotopic (exact) mass is 417 g/mol. The fraction of sp³-hybridized carbons (Fsp3) is 0.158. The largest absolute Gasteiger partial charge is 0.488 e. The quantitative estimate of drug-likeness (QED) is 0.656. The standard InChI is InChI=1S/C19H16BrNO3S/c1-12-3-5-13(6-4-12)11-24-16-8-7-15(20)9-14(16)10-17-18(22)21(2)19(23)25-17/h3-10H,11H2,1-2H3/b17-10-. The molecule has 2 amide bonds. The molecule has 128 valence electrons. The molecule has 0 atom stereocenters. The van der Waals surface area contributed by atoms with Crippen LogP contribution in [0.4, 0.5) is 4.79 Å². The second-order valence-electron chi connectivity index (χ2n) is 5.70. The van der Waals surface area contributed by atoms with Crippen molar-refractivity contribution >= 4 is 44.9 Å². The van der Waals surface area contributed by atoms with E-state index >= 15 is 0 Å². The number of benzene rings is 2. The van der Waals surface area contributed by atoms with Gasteiger partial charge < -0.3 is 4.74 Å². The fourth-order valence-electron chi connectivity index (χ4n) is 2.30. The van der Waals surface area contributed by atoms with Crippen LogP contribution in [0, 0.1) is 6.92 Å². The number of halogens is 1. The molecule has 0 aromatic heterocycles. The molecule has 1 aliphatic rings. The summed E-state index contributed by atoms with van der Waals surface area (Å²) in [5.74, 6) is 0.367. The lowest BCUT2D eigenvalue weighted by molar-refractivity contribution is -0.121. The molecule has 2 aromatic carbocycles. The van der Waals surface area contributed by atoms with Gasteiger partial charge in [0.15, 0.2) is 0 Å². The highest BCUT2D eigenvalue weighted by atomic mass is 79.9. The number of ether oxygens (including phenoxy) is 1. The molecule has 1 heterocycles. The first-order valence-electron chi connectivity index (χ1n) is 7.63. The minimum absolute atomic E-state index is 0.270. The Labute approximate surface area is 159 Å². The van der Waals surface area contributed by atoms with Crippen molar-refractivity contribution in [2.45, 2.75) is 13.5 Å². The zero-order valence-electron chi connectivity index (χ0n) is 13.8. The van der Waals surface area contributed by atoms with E-state index in [0.29, 0.717) is 17.3 Å². The van der Waals surface area contributed by atoms with Gasteiger partial charge in [-0.3, -0.25) is 14.5 Å². The van der Waals surface area contributed by atoms with E-state index in [0.717, 1.165) is 32.3 Å². The molecule has 0 aliphatic carbocycles. The number of nitrogens with zero attached hydrogens (tertiary/aromatic N) is 1. The molecule has 3 rings (SSSR count). The molecule has 0 unspecified atom stereocenters. The topological polar surface area (TPSA) is 46.6 Å². The van der Waals surface area contributed by atoms with Crippen LogP contribution in [0.3, 0.4) is 0 Å². The number of aryl methyl sites for hydroxylation is 1. The lowest BCUT2D eigenvalue weighted by atomic mass is 10.1. The van der Waals surface area contributed by atoms with Crippen LogP contribution in [-0.2, 0) is 11.4 Å². The first kappa shape index (κ1) is 17.8. The highest BCUT2D eigenvalue weighted by molar-refractivity contribution is 9.10. The summed E-state index contributed by atoms with van der Waals surface area (Å²) in [6.45, 7) is 2.47. The first-order chi connectivity index (χ1) is 11.9. The summed E-state index contributed by atoms with van der Waals surface area (Å²) in [4.78, 5) is 25.3. The maximum atomic E-state index is 12.1. The van der Waals surface area contributed by atoms with Gasteiger partial charge >= 0.3 is 0 Å². The van der Waals surface area contributed by atoms with Crippen molar-refractivity contribution < 1.29 is 14.3 Å². The molecule has 4 nitrogen and oxygen atoms in total. The van der Waals surface area contributed by atoms with Gasteiger partial charge in [-0.25, -0.2) is 0 Å². The van der Waals surface area contributed by atoms with Crippen LogP contribution in [0.5, 0.6) is 5.75 Å². The Balaban J connectivity index is 1.84. The van der Waals surface area contributed by atoms with E-state index in [-0.39, 0.29) is 11.1 Å². The molecule has 25 heavy (non-hydrogen) atoms. The molecule has 1 aliphatic heterocycles. The molecular weight excluding hydrogens is 402 g/mol. The summed E-state index contributed by atoms with van der Waals surface area (Å²) in [5, 5.41) is -0.270. The Morgan fingerprint density at radius 2 is 1.88 bits per heavy atom. The van der Waals surface area contributed by atoms with Crippen molar-refractivity contribution in [2.75, 3.05) is 7.05 Å². The van der Waals surface area contributed by atoms with Gasteiger partial charge in [0.1, 0.15) is 12.4 Å². The summed E-state index contributed by atoms with van der Waals surface area (Å²) in [7, 11) is 1.48. The third-order valence-corrected chi connectivity index (χ3v) is 5.21. The van der Waals surface area contributed by atoms with Crippen LogP contribution < -0.4 is 4.74 Å². The van der Waals surface area contributed by atoms with E-state index in [9.17, 15) is 9.59 Å². The predicted octanol–water partition coefficient (Wildman–Crippen LogP) is 5.00. The summed E-state index contributed by atoms with van der Waals surface area (Å²) < 4.78 is 6.81. The van der Waals surface area contributed by atoms with Crippen molar-refractivity contribution in [1.29, 1.82) is 0 Å². The molecule has 1 saturated heterocycles. The number of amides is 2. The minimum Gasteiger partial charge on any atom is -0.488 e. The molecule has 0 saturated carbocycles. The van der Waals surface area contributed by atoms with E-state index in [1.54, 1.807) is 6.08 Å². The van der Waals surface area contributed by atoms with E-state index in [4.69, 9.17) is 4.74 Å². The Bertz CT molecular complexity index is 861. The smallest absolute Gasteiger partial charge is 0.293 e. The van der Waals surface area contributed by atoms with Crippen LogP contribution in [-0.4, -0.2) is 23.1 Å². The Kier molecular flexibility index (Phi) is 5.30. The highest BCUT2D eigenvalue weighted by Gasteiger charge is 2.32. The van der Waals surface area contributed by atoms with E-state index < -0.39 is 0 Å². The number of carbonyl (C=O) groups is 2. The summed E-state index contributed by atoms with van der Waals surface area (Å²) in [5.41, 5.74) is 3.01. The lowest BCUT2D eigenvalue weighted by Crippen LogP contribution is -2.22. The van der Waals surface area contributed by atoms with Crippen molar-refractivity contribution in [3.63, 3.8) is 0 Å². The van der Waals surface area contributed by atoms with Crippen LogP contribution >= 0.6 is 27.7 Å². The van der Waals surface area contributed by atoms with Gasteiger partial charge in [0.05, 0.1) is 4.91 Å². The second kappa shape index (κ2) is 7.45. The molecule has 6 heteroatoms. The summed E-state index contributed by atoms with van der Waals surface area (Å²) in [6, 6.07) is 13.7.